The summed E-state index contributed by atoms with van der Waals surface area (Å²) < 4.78 is 1.03. The number of aromatic nitrogens is 2. The molecule has 5 nitrogen and oxygen atoms in total. The van der Waals surface area contributed by atoms with Crippen LogP contribution in [0, 0.1) is 0 Å². The number of anilines is 2. The van der Waals surface area contributed by atoms with E-state index in [0.29, 0.717) is 16.5 Å². The van der Waals surface area contributed by atoms with Crippen LogP contribution in [0.5, 0.6) is 0 Å². The van der Waals surface area contributed by atoms with Crippen molar-refractivity contribution < 1.29 is 9.78 Å². The zero-order chi connectivity index (χ0) is 13.2. The summed E-state index contributed by atoms with van der Waals surface area (Å²) in [5, 5.41) is 3.32. The van der Waals surface area contributed by atoms with Gasteiger partial charge in [0, 0.05) is 0 Å². The Balaban J connectivity index is 1.89. The Kier molecular flexibility index (Phi) is 2.85. The summed E-state index contributed by atoms with van der Waals surface area (Å²) in [4.78, 5) is 19.2. The lowest BCUT2D eigenvalue weighted by molar-refractivity contribution is -0.360. The second kappa shape index (κ2) is 4.66. The standard InChI is InChI=1S/C13H10N4OS/c14-11-8(4-3-7-15-11)12(18)17-13-16-9-5-1-2-6-10(9)19-13/h1-7H,(H2,14,15)(H,16,17,18)/p+1. The van der Waals surface area contributed by atoms with Crippen LogP contribution >= 0.6 is 11.3 Å². The molecule has 0 aliphatic rings. The number of H-pyrrole nitrogens is 1. The van der Waals surface area contributed by atoms with Crippen molar-refractivity contribution in [2.24, 2.45) is 0 Å². The van der Waals surface area contributed by atoms with Crippen molar-refractivity contribution in [2.45, 2.75) is 0 Å². The minimum Gasteiger partial charge on any atom is -0.298 e. The van der Waals surface area contributed by atoms with Gasteiger partial charge in [0.15, 0.2) is 5.13 Å². The number of rotatable bonds is 2. The highest BCUT2D eigenvalue weighted by molar-refractivity contribution is 7.22. The predicted molar refractivity (Wildman–Crippen MR) is 75.0 cm³/mol. The third-order valence-electron chi connectivity index (χ3n) is 2.65. The van der Waals surface area contributed by atoms with Crippen molar-refractivity contribution in [3.8, 4) is 0 Å². The van der Waals surface area contributed by atoms with E-state index in [0.717, 1.165) is 10.2 Å². The number of fused-ring (bicyclic) bond motifs is 1. The van der Waals surface area contributed by atoms with E-state index in [1.807, 2.05) is 24.3 Å². The average Bonchev–Trinajstić information content (AvgIpc) is 2.81. The normalized spacial score (nSPS) is 10.5. The highest BCUT2D eigenvalue weighted by Crippen LogP contribution is 2.25. The van der Waals surface area contributed by atoms with Crippen molar-refractivity contribution in [3.05, 3.63) is 48.2 Å². The first-order chi connectivity index (χ1) is 9.24. The second-order valence-corrected chi connectivity index (χ2v) is 4.97. The fraction of sp³-hybridized carbons (Fsp3) is 0. The SMILES string of the molecule is Nc1[nH+]cccc1C(=O)Nc1nc2ccccc2s1. The molecule has 19 heavy (non-hydrogen) atoms. The van der Waals surface area contributed by atoms with E-state index in [-0.39, 0.29) is 5.91 Å². The summed E-state index contributed by atoms with van der Waals surface area (Å²) in [7, 11) is 0. The fourth-order valence-electron chi connectivity index (χ4n) is 1.74. The Hall–Kier alpha value is -2.47. The van der Waals surface area contributed by atoms with Crippen molar-refractivity contribution in [2.75, 3.05) is 11.1 Å². The van der Waals surface area contributed by atoms with Crippen LogP contribution in [0.4, 0.5) is 10.9 Å². The molecule has 0 bridgehead atoms. The molecule has 3 aromatic rings. The van der Waals surface area contributed by atoms with E-state index in [1.165, 1.54) is 11.3 Å². The van der Waals surface area contributed by atoms with Gasteiger partial charge in [0.1, 0.15) is 5.56 Å². The van der Waals surface area contributed by atoms with Crippen LogP contribution in [0.25, 0.3) is 10.2 Å². The van der Waals surface area contributed by atoms with Crippen molar-refractivity contribution in [3.63, 3.8) is 0 Å². The molecule has 0 saturated carbocycles. The molecule has 1 amide bonds. The topological polar surface area (TPSA) is 82.1 Å². The summed E-state index contributed by atoms with van der Waals surface area (Å²) in [5.74, 6) is 0.0644. The van der Waals surface area contributed by atoms with Gasteiger partial charge >= 0.3 is 0 Å². The number of thiazole rings is 1. The Labute approximate surface area is 113 Å². The van der Waals surface area contributed by atoms with Gasteiger partial charge in [-0.3, -0.25) is 15.8 Å². The first kappa shape index (κ1) is 11.6. The summed E-state index contributed by atoms with van der Waals surface area (Å²) >= 11 is 1.43. The molecule has 0 saturated heterocycles. The number of hydrogen-bond acceptors (Lipinski definition) is 4. The fourth-order valence-corrected chi connectivity index (χ4v) is 2.60. The monoisotopic (exact) mass is 271 g/mol. The van der Waals surface area contributed by atoms with Gasteiger partial charge in [-0.15, -0.1) is 0 Å². The van der Waals surface area contributed by atoms with Gasteiger partial charge in [0.05, 0.1) is 16.4 Å². The number of benzene rings is 1. The molecule has 2 aromatic heterocycles. The van der Waals surface area contributed by atoms with E-state index in [4.69, 9.17) is 5.73 Å². The van der Waals surface area contributed by atoms with Gasteiger partial charge in [0.25, 0.3) is 11.7 Å². The number of hydrogen-bond donors (Lipinski definition) is 2. The molecule has 0 radical (unpaired) electrons. The van der Waals surface area contributed by atoms with Crippen molar-refractivity contribution in [1.82, 2.24) is 4.98 Å². The Morgan fingerprint density at radius 3 is 2.89 bits per heavy atom. The van der Waals surface area contributed by atoms with Crippen LogP contribution < -0.4 is 16.0 Å². The lowest BCUT2D eigenvalue weighted by atomic mass is 10.2. The first-order valence-corrected chi connectivity index (χ1v) is 6.49. The number of pyridine rings is 1. The number of aromatic amines is 1. The number of nitrogens with zero attached hydrogens (tertiary/aromatic N) is 1. The third-order valence-corrected chi connectivity index (χ3v) is 3.60. The molecule has 2 heterocycles. The molecule has 1 aromatic carbocycles. The van der Waals surface area contributed by atoms with E-state index in [9.17, 15) is 4.79 Å². The second-order valence-electron chi connectivity index (χ2n) is 3.94. The number of para-hydroxylation sites is 1. The molecular weight excluding hydrogens is 260 g/mol. The predicted octanol–water partition coefficient (Wildman–Crippen LogP) is 1.94. The molecular formula is C13H11N4OS+. The van der Waals surface area contributed by atoms with Crippen LogP contribution in [0.1, 0.15) is 10.4 Å². The smallest absolute Gasteiger partial charge is 0.283 e. The number of amides is 1. The van der Waals surface area contributed by atoms with Crippen LogP contribution in [0.2, 0.25) is 0 Å². The Morgan fingerprint density at radius 1 is 1.26 bits per heavy atom. The van der Waals surface area contributed by atoms with Crippen molar-refractivity contribution >= 4 is 38.4 Å². The van der Waals surface area contributed by atoms with Gasteiger partial charge < -0.3 is 0 Å². The van der Waals surface area contributed by atoms with E-state index in [1.54, 1.807) is 18.3 Å². The average molecular weight is 271 g/mol. The maximum atomic E-state index is 12.1. The minimum absolute atomic E-state index is 0.270. The van der Waals surface area contributed by atoms with Gasteiger partial charge in [-0.05, 0) is 24.3 Å². The largest absolute Gasteiger partial charge is 0.298 e. The van der Waals surface area contributed by atoms with Crippen LogP contribution in [-0.2, 0) is 0 Å². The Bertz CT molecular complexity index is 720. The van der Waals surface area contributed by atoms with Crippen LogP contribution in [0.3, 0.4) is 0 Å². The van der Waals surface area contributed by atoms with Gasteiger partial charge in [-0.25, -0.2) is 9.97 Å². The van der Waals surface area contributed by atoms with E-state index in [2.05, 4.69) is 15.3 Å². The summed E-state index contributed by atoms with van der Waals surface area (Å²) in [5.41, 5.74) is 6.99. The summed E-state index contributed by atoms with van der Waals surface area (Å²) in [6.07, 6.45) is 1.67. The number of nitrogen functional groups attached to an aromatic ring is 1. The van der Waals surface area contributed by atoms with Gasteiger partial charge in [-0.2, -0.15) is 0 Å². The molecule has 0 aliphatic carbocycles. The number of carbonyl (C=O) groups excluding carboxylic acids is 1. The summed E-state index contributed by atoms with van der Waals surface area (Å²) in [6.45, 7) is 0. The molecule has 0 aliphatic heterocycles. The molecule has 94 valence electrons. The molecule has 6 heteroatoms. The van der Waals surface area contributed by atoms with Crippen LogP contribution in [-0.4, -0.2) is 10.9 Å². The lowest BCUT2D eigenvalue weighted by Crippen LogP contribution is -2.19. The molecule has 3 rings (SSSR count). The maximum Gasteiger partial charge on any atom is 0.283 e. The lowest BCUT2D eigenvalue weighted by Gasteiger charge is -2.00. The zero-order valence-corrected chi connectivity index (χ0v) is 10.7. The minimum atomic E-state index is -0.270. The number of nitrogens with two attached hydrogens (primary N) is 1. The molecule has 0 spiro atoms. The third kappa shape index (κ3) is 2.25. The highest BCUT2D eigenvalue weighted by Gasteiger charge is 2.15. The molecule has 0 unspecified atom stereocenters. The van der Waals surface area contributed by atoms with Gasteiger partial charge in [0.2, 0.25) is 0 Å². The number of nitrogens with one attached hydrogen (secondary N) is 2. The zero-order valence-electron chi connectivity index (χ0n) is 9.88. The summed E-state index contributed by atoms with van der Waals surface area (Å²) in [6, 6.07) is 11.1. The van der Waals surface area contributed by atoms with E-state index < -0.39 is 0 Å². The number of carbonyl (C=O) groups is 1. The maximum absolute atomic E-state index is 12.1. The van der Waals surface area contributed by atoms with Crippen molar-refractivity contribution in [1.29, 1.82) is 0 Å². The molecule has 4 N–H and O–H groups in total. The van der Waals surface area contributed by atoms with Crippen LogP contribution in [0.15, 0.2) is 42.6 Å². The Morgan fingerprint density at radius 2 is 2.11 bits per heavy atom. The highest BCUT2D eigenvalue weighted by atomic mass is 32.1. The molecule has 0 fully saturated rings. The molecule has 0 atom stereocenters. The van der Waals surface area contributed by atoms with E-state index >= 15 is 0 Å². The first-order valence-electron chi connectivity index (χ1n) is 5.67. The van der Waals surface area contributed by atoms with Gasteiger partial charge in [-0.1, -0.05) is 23.5 Å². The quantitative estimate of drug-likeness (QED) is 0.747.